The summed E-state index contributed by atoms with van der Waals surface area (Å²) >= 11 is 5.17. The van der Waals surface area contributed by atoms with E-state index < -0.39 is 0 Å². The number of hydrogen-bond donors (Lipinski definition) is 2. The molecule has 2 nitrogen and oxygen atoms in total. The number of hydrogen-bond acceptors (Lipinski definition) is 3. The van der Waals surface area contributed by atoms with Crippen molar-refractivity contribution in [2.45, 2.75) is 25.3 Å². The first-order chi connectivity index (χ1) is 6.77. The van der Waals surface area contributed by atoms with Gasteiger partial charge in [0.25, 0.3) is 0 Å². The maximum absolute atomic E-state index is 5.51. The molecule has 0 fully saturated rings. The fourth-order valence-electron chi connectivity index (χ4n) is 1.29. The van der Waals surface area contributed by atoms with E-state index in [4.69, 9.17) is 5.84 Å². The van der Waals surface area contributed by atoms with Gasteiger partial charge in [-0.05, 0) is 47.3 Å². The van der Waals surface area contributed by atoms with Crippen LogP contribution >= 0.6 is 27.3 Å². The minimum Gasteiger partial charge on any atom is -0.271 e. The largest absolute Gasteiger partial charge is 0.271 e. The molecule has 4 heteroatoms. The third-order valence-corrected chi connectivity index (χ3v) is 3.78. The van der Waals surface area contributed by atoms with E-state index >= 15 is 0 Å². The van der Waals surface area contributed by atoms with Crippen molar-refractivity contribution < 1.29 is 0 Å². The smallest absolute Gasteiger partial charge is 0.0702 e. The molecule has 1 rings (SSSR count). The number of nitrogens with one attached hydrogen (secondary N) is 1. The second-order valence-corrected chi connectivity index (χ2v) is 5.58. The number of nitrogens with two attached hydrogens (primary N) is 1. The van der Waals surface area contributed by atoms with Gasteiger partial charge in [0.05, 0.1) is 9.83 Å². The van der Waals surface area contributed by atoms with Gasteiger partial charge in [-0.15, -0.1) is 17.9 Å². The Morgan fingerprint density at radius 1 is 1.64 bits per heavy atom. The van der Waals surface area contributed by atoms with Crippen LogP contribution in [0.4, 0.5) is 0 Å². The molecule has 0 bridgehead atoms. The minimum absolute atomic E-state index is 0.270. The van der Waals surface area contributed by atoms with E-state index in [0.29, 0.717) is 0 Å². The van der Waals surface area contributed by atoms with Gasteiger partial charge in [-0.3, -0.25) is 11.3 Å². The molecule has 0 saturated carbocycles. The van der Waals surface area contributed by atoms with Gasteiger partial charge in [-0.1, -0.05) is 6.08 Å². The Kier molecular flexibility index (Phi) is 5.40. The van der Waals surface area contributed by atoms with Gasteiger partial charge in [0, 0.05) is 4.88 Å². The van der Waals surface area contributed by atoms with Crippen molar-refractivity contribution in [1.29, 1.82) is 0 Å². The zero-order valence-corrected chi connectivity index (χ0v) is 10.4. The summed E-state index contributed by atoms with van der Waals surface area (Å²) in [6, 6.07) is 4.43. The number of hydrazine groups is 1. The molecule has 14 heavy (non-hydrogen) atoms. The molecular weight excluding hydrogens is 260 g/mol. The van der Waals surface area contributed by atoms with E-state index in [1.807, 2.05) is 6.08 Å². The van der Waals surface area contributed by atoms with Crippen LogP contribution in [0.15, 0.2) is 28.6 Å². The summed E-state index contributed by atoms with van der Waals surface area (Å²) < 4.78 is 1.15. The molecular formula is C10H15BrN2S. The molecule has 1 atom stereocenters. The van der Waals surface area contributed by atoms with Crippen LogP contribution in [0.1, 0.15) is 30.2 Å². The molecule has 1 unspecified atom stereocenters. The fraction of sp³-hybridized carbons (Fsp3) is 0.400. The molecule has 0 aliphatic rings. The minimum atomic E-state index is 0.270. The summed E-state index contributed by atoms with van der Waals surface area (Å²) in [5.41, 5.74) is 2.85. The summed E-state index contributed by atoms with van der Waals surface area (Å²) in [5.74, 6) is 5.51. The highest BCUT2D eigenvalue weighted by Gasteiger charge is 2.10. The van der Waals surface area contributed by atoms with E-state index in [1.54, 1.807) is 11.3 Å². The molecule has 1 heterocycles. The van der Waals surface area contributed by atoms with Crippen LogP contribution in [0.2, 0.25) is 0 Å². The first-order valence-corrected chi connectivity index (χ1v) is 6.21. The lowest BCUT2D eigenvalue weighted by Crippen LogP contribution is -2.27. The van der Waals surface area contributed by atoms with E-state index in [0.717, 1.165) is 23.0 Å². The van der Waals surface area contributed by atoms with E-state index in [2.05, 4.69) is 40.1 Å². The van der Waals surface area contributed by atoms with Gasteiger partial charge in [0.2, 0.25) is 0 Å². The quantitative estimate of drug-likeness (QED) is 0.361. The topological polar surface area (TPSA) is 38.0 Å². The molecule has 0 aliphatic carbocycles. The molecule has 0 radical (unpaired) electrons. The SMILES string of the molecule is C=CCCCC(NN)c1ccc(Br)s1. The second-order valence-electron chi connectivity index (χ2n) is 3.08. The fourth-order valence-corrected chi connectivity index (χ4v) is 2.81. The van der Waals surface area contributed by atoms with Crippen molar-refractivity contribution in [3.05, 3.63) is 33.5 Å². The maximum Gasteiger partial charge on any atom is 0.0702 e. The number of allylic oxidation sites excluding steroid dienone is 1. The zero-order valence-electron chi connectivity index (χ0n) is 8.00. The Morgan fingerprint density at radius 3 is 2.93 bits per heavy atom. The van der Waals surface area contributed by atoms with Gasteiger partial charge in [-0.2, -0.15) is 0 Å². The van der Waals surface area contributed by atoms with Crippen LogP contribution in [0, 0.1) is 0 Å². The van der Waals surface area contributed by atoms with Crippen molar-refractivity contribution in [3.8, 4) is 0 Å². The summed E-state index contributed by atoms with van der Waals surface area (Å²) in [5, 5.41) is 0. The average Bonchev–Trinajstić information content (AvgIpc) is 2.60. The Morgan fingerprint density at radius 2 is 2.43 bits per heavy atom. The Balaban J connectivity index is 2.49. The summed E-state index contributed by atoms with van der Waals surface area (Å²) in [6.07, 6.45) is 5.16. The monoisotopic (exact) mass is 274 g/mol. The lowest BCUT2D eigenvalue weighted by molar-refractivity contribution is 0.508. The first-order valence-electron chi connectivity index (χ1n) is 4.60. The Hall–Kier alpha value is -0.160. The van der Waals surface area contributed by atoms with Crippen LogP contribution in [0.25, 0.3) is 0 Å². The van der Waals surface area contributed by atoms with Gasteiger partial charge >= 0.3 is 0 Å². The Labute approximate surface area is 97.3 Å². The Bertz CT molecular complexity index is 285. The molecule has 0 aromatic carbocycles. The molecule has 78 valence electrons. The highest BCUT2D eigenvalue weighted by atomic mass is 79.9. The van der Waals surface area contributed by atoms with Crippen LogP contribution in [-0.2, 0) is 0 Å². The molecule has 1 aromatic rings. The molecule has 0 amide bonds. The highest BCUT2D eigenvalue weighted by Crippen LogP contribution is 2.29. The lowest BCUT2D eigenvalue weighted by Gasteiger charge is -2.12. The van der Waals surface area contributed by atoms with Gasteiger partial charge in [0.15, 0.2) is 0 Å². The van der Waals surface area contributed by atoms with Crippen molar-refractivity contribution in [3.63, 3.8) is 0 Å². The van der Waals surface area contributed by atoms with Crippen LogP contribution in [0.5, 0.6) is 0 Å². The normalized spacial score (nSPS) is 12.7. The first kappa shape index (κ1) is 11.9. The lowest BCUT2D eigenvalue weighted by atomic mass is 10.1. The second kappa shape index (κ2) is 6.35. The third kappa shape index (κ3) is 3.53. The predicted molar refractivity (Wildman–Crippen MR) is 66.1 cm³/mol. The van der Waals surface area contributed by atoms with Crippen molar-refractivity contribution in [2.75, 3.05) is 0 Å². The van der Waals surface area contributed by atoms with Gasteiger partial charge in [-0.25, -0.2) is 0 Å². The van der Waals surface area contributed by atoms with Crippen LogP contribution in [0.3, 0.4) is 0 Å². The number of unbranched alkanes of at least 4 members (excludes halogenated alkanes) is 1. The molecule has 0 saturated heterocycles. The molecule has 0 spiro atoms. The van der Waals surface area contributed by atoms with Crippen molar-refractivity contribution in [2.24, 2.45) is 5.84 Å². The van der Waals surface area contributed by atoms with Crippen molar-refractivity contribution in [1.82, 2.24) is 5.43 Å². The van der Waals surface area contributed by atoms with E-state index in [-0.39, 0.29) is 6.04 Å². The highest BCUT2D eigenvalue weighted by molar-refractivity contribution is 9.11. The average molecular weight is 275 g/mol. The zero-order chi connectivity index (χ0) is 10.4. The van der Waals surface area contributed by atoms with Gasteiger partial charge < -0.3 is 0 Å². The van der Waals surface area contributed by atoms with Crippen molar-refractivity contribution >= 4 is 27.3 Å². The predicted octanol–water partition coefficient (Wildman–Crippen LogP) is 3.37. The third-order valence-electron chi connectivity index (χ3n) is 2.04. The summed E-state index contributed by atoms with van der Waals surface area (Å²) in [7, 11) is 0. The van der Waals surface area contributed by atoms with Gasteiger partial charge in [0.1, 0.15) is 0 Å². The summed E-state index contributed by atoms with van der Waals surface area (Å²) in [6.45, 7) is 3.70. The number of rotatable bonds is 6. The van der Waals surface area contributed by atoms with Crippen LogP contribution < -0.4 is 11.3 Å². The number of halogens is 1. The molecule has 0 aliphatic heterocycles. The maximum atomic E-state index is 5.51. The molecule has 1 aromatic heterocycles. The number of thiophene rings is 1. The standard InChI is InChI=1S/C10H15BrN2S/c1-2-3-4-5-8(13-12)9-6-7-10(11)14-9/h2,6-8,13H,1,3-5,12H2. The van der Waals surface area contributed by atoms with E-state index in [9.17, 15) is 0 Å². The molecule has 3 N–H and O–H groups in total. The van der Waals surface area contributed by atoms with E-state index in [1.165, 1.54) is 4.88 Å². The van der Waals surface area contributed by atoms with Crippen LogP contribution in [-0.4, -0.2) is 0 Å². The summed E-state index contributed by atoms with van der Waals surface area (Å²) in [4.78, 5) is 1.28.